The van der Waals surface area contributed by atoms with Gasteiger partial charge in [-0.05, 0) is 24.5 Å². The van der Waals surface area contributed by atoms with Crippen LogP contribution >= 0.6 is 15.8 Å². The van der Waals surface area contributed by atoms with Crippen molar-refractivity contribution in [2.45, 2.75) is 38.6 Å². The summed E-state index contributed by atoms with van der Waals surface area (Å²) in [6.07, 6.45) is -23.2. The Morgan fingerprint density at radius 2 is 0.789 bits per heavy atom. The second-order valence-electron chi connectivity index (χ2n) is 7.22. The second-order valence-corrected chi connectivity index (χ2v) is 12.4. The maximum atomic E-state index is 11.7. The molecule has 0 atom stereocenters. The fourth-order valence-corrected chi connectivity index (χ4v) is 5.58. The molecule has 0 fully saturated rings. The van der Waals surface area contributed by atoms with Crippen LogP contribution in [0.5, 0.6) is 0 Å². The largest absolute Gasteiger partial charge is 0.478 e. The van der Waals surface area contributed by atoms with Crippen LogP contribution in [0.4, 0.5) is 52.7 Å². The third-order valence-electron chi connectivity index (χ3n) is 3.89. The van der Waals surface area contributed by atoms with Gasteiger partial charge < -0.3 is 10.2 Å². The molecule has 0 aliphatic rings. The van der Waals surface area contributed by atoms with Gasteiger partial charge in [0.05, 0.1) is 35.8 Å². The molecule has 0 aliphatic carbocycles. The van der Waals surface area contributed by atoms with Crippen LogP contribution in [-0.2, 0) is 0 Å². The van der Waals surface area contributed by atoms with Crippen LogP contribution in [-0.4, -0.2) is 83.8 Å². The van der Waals surface area contributed by atoms with Gasteiger partial charge in [-0.2, -0.15) is 52.7 Å². The average molecular weight is 618 g/mol. The van der Waals surface area contributed by atoms with Crippen molar-refractivity contribution in [3.8, 4) is 0 Å². The molecule has 0 bridgehead atoms. The molecule has 1 rings (SSSR count). The van der Waals surface area contributed by atoms with Crippen LogP contribution in [0.2, 0.25) is 0 Å². The van der Waals surface area contributed by atoms with Crippen LogP contribution in [0.3, 0.4) is 0 Å². The number of carboxylic acid groups (broad SMARTS) is 2. The molecule has 222 valence electrons. The van der Waals surface area contributed by atoms with E-state index >= 15 is 0 Å². The molecule has 1 aromatic rings. The lowest BCUT2D eigenvalue weighted by Gasteiger charge is -2.18. The predicted molar refractivity (Wildman–Crippen MR) is 119 cm³/mol. The van der Waals surface area contributed by atoms with E-state index in [1.165, 1.54) is 38.1 Å². The number of alkyl halides is 12. The number of carbonyl (C=O) groups is 2. The number of aromatic carboxylic acids is 2. The lowest BCUT2D eigenvalue weighted by Crippen LogP contribution is -2.20. The summed E-state index contributed by atoms with van der Waals surface area (Å²) in [5.74, 6) is -2.46. The highest BCUT2D eigenvalue weighted by Crippen LogP contribution is 2.46. The Labute approximate surface area is 211 Å². The van der Waals surface area contributed by atoms with Crippen molar-refractivity contribution in [2.75, 3.05) is 37.0 Å². The van der Waals surface area contributed by atoms with E-state index in [-0.39, 0.29) is 23.5 Å². The third-order valence-corrected chi connectivity index (χ3v) is 8.91. The molecule has 0 radical (unpaired) electrons. The van der Waals surface area contributed by atoms with Gasteiger partial charge in [-0.25, -0.2) is 9.59 Å². The van der Waals surface area contributed by atoms with Gasteiger partial charge in [-0.1, -0.05) is 41.8 Å². The number of halogens is 12. The number of hydrogen-bond donors (Lipinski definition) is 2. The lowest BCUT2D eigenvalue weighted by atomic mass is 10.1. The van der Waals surface area contributed by atoms with Crippen LogP contribution in [0.25, 0.3) is 0 Å². The Balaban J connectivity index is 0. The van der Waals surface area contributed by atoms with Crippen molar-refractivity contribution in [3.05, 3.63) is 35.4 Å². The van der Waals surface area contributed by atoms with Gasteiger partial charge in [0.2, 0.25) is 0 Å². The molecule has 0 saturated heterocycles. The van der Waals surface area contributed by atoms with E-state index in [0.29, 0.717) is 0 Å². The molecule has 0 spiro atoms. The zero-order valence-corrected chi connectivity index (χ0v) is 21.5. The SMILES string of the molecule is CCP(CC(F)(F)F)CC(F)(F)F.CCP(CC(F)(F)F)CC(F)(F)F.O=C(O)c1ccccc1C(=O)O. The van der Waals surface area contributed by atoms with Crippen LogP contribution in [0.1, 0.15) is 34.6 Å². The van der Waals surface area contributed by atoms with Crippen molar-refractivity contribution < 1.29 is 72.5 Å². The normalized spacial score (nSPS) is 12.4. The molecule has 0 heterocycles. The Hall–Kier alpha value is -1.82. The highest BCUT2D eigenvalue weighted by molar-refractivity contribution is 7.58. The molecule has 1 aromatic carbocycles. The Morgan fingerprint density at radius 1 is 0.579 bits per heavy atom. The van der Waals surface area contributed by atoms with E-state index in [9.17, 15) is 62.3 Å². The van der Waals surface area contributed by atoms with Gasteiger partial charge in [-0.15, -0.1) is 0 Å². The molecule has 4 nitrogen and oxygen atoms in total. The van der Waals surface area contributed by atoms with Gasteiger partial charge in [0, 0.05) is 0 Å². The first-order chi connectivity index (χ1) is 16.9. The zero-order valence-electron chi connectivity index (χ0n) is 19.7. The average Bonchev–Trinajstić information content (AvgIpc) is 2.69. The smallest absolute Gasteiger partial charge is 0.392 e. The number of benzene rings is 1. The van der Waals surface area contributed by atoms with E-state index in [1.807, 2.05) is 0 Å². The maximum absolute atomic E-state index is 11.7. The fraction of sp³-hybridized carbons (Fsp3) is 0.600. The number of hydrogen-bond acceptors (Lipinski definition) is 2. The summed E-state index contributed by atoms with van der Waals surface area (Å²) in [7, 11) is -3.97. The quantitative estimate of drug-likeness (QED) is 0.227. The molecule has 0 saturated carbocycles. The van der Waals surface area contributed by atoms with E-state index in [4.69, 9.17) is 10.2 Å². The summed E-state index contributed by atoms with van der Waals surface area (Å²) in [5.41, 5.74) is -0.380. The van der Waals surface area contributed by atoms with E-state index < -0.39 is 77.1 Å². The first-order valence-electron chi connectivity index (χ1n) is 10.2. The Bertz CT molecular complexity index is 751. The summed E-state index contributed by atoms with van der Waals surface area (Å²) in [6.45, 7) is 2.70. The van der Waals surface area contributed by atoms with Gasteiger partial charge in [-0.3, -0.25) is 0 Å². The van der Waals surface area contributed by atoms with Gasteiger partial charge >= 0.3 is 36.6 Å². The molecule has 2 N–H and O–H groups in total. The number of carboxylic acids is 2. The minimum absolute atomic E-state index is 0.0473. The highest BCUT2D eigenvalue weighted by atomic mass is 31.1. The van der Waals surface area contributed by atoms with Crippen molar-refractivity contribution in [2.24, 2.45) is 0 Å². The summed E-state index contributed by atoms with van der Waals surface area (Å²) < 4.78 is 141. The summed E-state index contributed by atoms with van der Waals surface area (Å²) in [6, 6.07) is 5.48. The number of rotatable bonds is 8. The Kier molecular flexibility index (Phi) is 16.5. The van der Waals surface area contributed by atoms with Crippen molar-refractivity contribution >= 4 is 27.8 Å². The molecular weight excluding hydrogens is 594 g/mol. The predicted octanol–water partition coefficient (Wildman–Crippen LogP) is 8.31. The Morgan fingerprint density at radius 3 is 0.921 bits per heavy atom. The topological polar surface area (TPSA) is 74.6 Å². The van der Waals surface area contributed by atoms with Gasteiger partial charge in [0.15, 0.2) is 0 Å². The van der Waals surface area contributed by atoms with Crippen molar-refractivity contribution in [3.63, 3.8) is 0 Å². The van der Waals surface area contributed by atoms with E-state index in [1.54, 1.807) is 0 Å². The summed E-state index contributed by atoms with van der Waals surface area (Å²) in [5, 5.41) is 17.1. The standard InChI is InChI=1S/C8H6O4.2C6H9F6P/c9-7(10)5-3-1-2-4-6(5)8(11)12;2*1-2-13(3-5(7,8)9)4-6(10,11)12/h1-4H,(H,9,10)(H,11,12);2*2-4H2,1H3. The maximum Gasteiger partial charge on any atom is 0.392 e. The van der Waals surface area contributed by atoms with Gasteiger partial charge in [0.1, 0.15) is 0 Å². The summed E-state index contributed by atoms with van der Waals surface area (Å²) in [4.78, 5) is 20.9. The molecular formula is C20H24F12O4P2. The van der Waals surface area contributed by atoms with Crippen LogP contribution in [0.15, 0.2) is 24.3 Å². The molecule has 0 aliphatic heterocycles. The third kappa shape index (κ3) is 22.2. The minimum Gasteiger partial charge on any atom is -0.478 e. The summed E-state index contributed by atoms with van der Waals surface area (Å²) >= 11 is 0. The molecule has 0 unspecified atom stereocenters. The first-order valence-corrected chi connectivity index (χ1v) is 14.0. The monoisotopic (exact) mass is 618 g/mol. The fourth-order valence-electron chi connectivity index (χ4n) is 2.43. The molecule has 18 heteroatoms. The van der Waals surface area contributed by atoms with Crippen molar-refractivity contribution in [1.29, 1.82) is 0 Å². The second kappa shape index (κ2) is 16.3. The van der Waals surface area contributed by atoms with Gasteiger partial charge in [0.25, 0.3) is 0 Å². The highest BCUT2D eigenvalue weighted by Gasteiger charge is 2.38. The molecule has 0 amide bonds. The lowest BCUT2D eigenvalue weighted by molar-refractivity contribution is -0.113. The van der Waals surface area contributed by atoms with Crippen LogP contribution < -0.4 is 0 Å². The van der Waals surface area contributed by atoms with E-state index in [0.717, 1.165) is 0 Å². The van der Waals surface area contributed by atoms with Crippen LogP contribution in [0, 0.1) is 0 Å². The molecule has 38 heavy (non-hydrogen) atoms. The minimum atomic E-state index is -4.48. The molecule has 0 aromatic heterocycles. The first kappa shape index (κ1) is 38.3. The van der Waals surface area contributed by atoms with Crippen molar-refractivity contribution in [1.82, 2.24) is 0 Å². The zero-order chi connectivity index (χ0) is 30.5. The van der Waals surface area contributed by atoms with E-state index in [2.05, 4.69) is 0 Å².